The Hall–Kier alpha value is -2.49. The molecule has 1 fully saturated rings. The number of nitro benzene ring substituents is 1. The second kappa shape index (κ2) is 5.30. The monoisotopic (exact) mass is 306 g/mol. The largest absolute Gasteiger partial charge is 0.269 e. The second-order valence-corrected chi connectivity index (χ2v) is 6.58. The van der Waals surface area contributed by atoms with Gasteiger partial charge in [-0.25, -0.2) is 0 Å². The summed E-state index contributed by atoms with van der Waals surface area (Å²) < 4.78 is 0. The number of benzene rings is 2. The molecule has 4 heteroatoms. The number of para-hydroxylation sites is 1. The Morgan fingerprint density at radius 1 is 1.17 bits per heavy atom. The Balaban J connectivity index is 1.68. The third-order valence-corrected chi connectivity index (χ3v) is 5.23. The van der Waals surface area contributed by atoms with Crippen LogP contribution in [0, 0.1) is 10.1 Å². The van der Waals surface area contributed by atoms with E-state index in [0.29, 0.717) is 5.92 Å². The molecule has 0 amide bonds. The van der Waals surface area contributed by atoms with Crippen LogP contribution in [0.2, 0.25) is 0 Å². The van der Waals surface area contributed by atoms with E-state index < -0.39 is 0 Å². The Kier molecular flexibility index (Phi) is 3.26. The number of hydrogen-bond donors (Lipinski definition) is 0. The van der Waals surface area contributed by atoms with Crippen molar-refractivity contribution < 1.29 is 4.92 Å². The van der Waals surface area contributed by atoms with E-state index in [4.69, 9.17) is 0 Å². The van der Waals surface area contributed by atoms with Gasteiger partial charge >= 0.3 is 0 Å². The molecule has 2 aliphatic rings. The van der Waals surface area contributed by atoms with Gasteiger partial charge < -0.3 is 0 Å². The summed E-state index contributed by atoms with van der Waals surface area (Å²) in [6.45, 7) is 0. The molecule has 2 aromatic carbocycles. The molecule has 23 heavy (non-hydrogen) atoms. The van der Waals surface area contributed by atoms with Crippen LogP contribution in [0.3, 0.4) is 0 Å². The van der Waals surface area contributed by atoms with E-state index in [2.05, 4.69) is 29.4 Å². The highest BCUT2D eigenvalue weighted by molar-refractivity contribution is 5.85. The summed E-state index contributed by atoms with van der Waals surface area (Å²) in [5.74, 6) is 0.348. The van der Waals surface area contributed by atoms with Gasteiger partial charge in [0.1, 0.15) is 0 Å². The van der Waals surface area contributed by atoms with Crippen LogP contribution in [0.4, 0.5) is 11.4 Å². The van der Waals surface area contributed by atoms with E-state index in [0.717, 1.165) is 36.9 Å². The smallest absolute Gasteiger partial charge is 0.260 e. The lowest BCUT2D eigenvalue weighted by Gasteiger charge is -2.37. The fraction of sp³-hybridized carbons (Fsp3) is 0.316. The second-order valence-electron chi connectivity index (χ2n) is 6.58. The van der Waals surface area contributed by atoms with Gasteiger partial charge in [0.25, 0.3) is 5.69 Å². The van der Waals surface area contributed by atoms with Crippen LogP contribution in [0.1, 0.15) is 42.7 Å². The van der Waals surface area contributed by atoms with Gasteiger partial charge in [0.2, 0.25) is 0 Å². The van der Waals surface area contributed by atoms with Crippen molar-refractivity contribution in [3.05, 3.63) is 69.8 Å². The third kappa shape index (κ3) is 2.34. The number of rotatable bonds is 2. The first kappa shape index (κ1) is 14.1. The molecule has 2 unspecified atom stereocenters. The average molecular weight is 306 g/mol. The third-order valence-electron chi connectivity index (χ3n) is 5.23. The van der Waals surface area contributed by atoms with Gasteiger partial charge in [-0.05, 0) is 42.4 Å². The molecule has 1 aliphatic heterocycles. The molecule has 0 N–H and O–H groups in total. The summed E-state index contributed by atoms with van der Waals surface area (Å²) in [6.07, 6.45) is 6.40. The molecule has 2 atom stereocenters. The van der Waals surface area contributed by atoms with Crippen molar-refractivity contribution >= 4 is 17.6 Å². The lowest BCUT2D eigenvalue weighted by atomic mass is 9.65. The summed E-state index contributed by atoms with van der Waals surface area (Å²) in [7, 11) is 0. The van der Waals surface area contributed by atoms with Crippen LogP contribution < -0.4 is 0 Å². The molecule has 2 aromatic rings. The van der Waals surface area contributed by atoms with Crippen molar-refractivity contribution in [1.82, 2.24) is 0 Å². The standard InChI is InChI=1S/C19H18N2O2/c22-21(23)16-7-3-5-14(11-16)15-6-4-10-19(12-15)13-20-18-9-2-1-8-17(18)19/h1-3,5,7-9,11,13,15H,4,6,10,12H2. The highest BCUT2D eigenvalue weighted by Gasteiger charge is 2.41. The highest BCUT2D eigenvalue weighted by atomic mass is 16.6. The van der Waals surface area contributed by atoms with Crippen molar-refractivity contribution in [1.29, 1.82) is 0 Å². The summed E-state index contributed by atoms with van der Waals surface area (Å²) in [4.78, 5) is 15.3. The molecule has 0 radical (unpaired) electrons. The van der Waals surface area contributed by atoms with E-state index in [1.807, 2.05) is 12.1 Å². The number of aliphatic imine (C=N–C) groups is 1. The van der Waals surface area contributed by atoms with Crippen LogP contribution in [0.5, 0.6) is 0 Å². The Bertz CT molecular complexity index is 799. The number of nitrogens with zero attached hydrogens (tertiary/aromatic N) is 2. The predicted molar refractivity (Wildman–Crippen MR) is 90.6 cm³/mol. The molecule has 4 rings (SSSR count). The van der Waals surface area contributed by atoms with Crippen molar-refractivity contribution in [3.63, 3.8) is 0 Å². The Labute approximate surface area is 135 Å². The van der Waals surface area contributed by atoms with Crippen LogP contribution in [0.25, 0.3) is 0 Å². The highest BCUT2D eigenvalue weighted by Crippen LogP contribution is 2.50. The topological polar surface area (TPSA) is 55.5 Å². The molecule has 0 saturated heterocycles. The van der Waals surface area contributed by atoms with E-state index in [1.54, 1.807) is 18.2 Å². The van der Waals surface area contributed by atoms with E-state index in [1.165, 1.54) is 5.56 Å². The zero-order chi connectivity index (χ0) is 15.9. The molecule has 1 saturated carbocycles. The number of non-ortho nitro benzene ring substituents is 1. The fourth-order valence-electron chi connectivity index (χ4n) is 4.12. The molecule has 0 bridgehead atoms. The minimum Gasteiger partial charge on any atom is -0.260 e. The van der Waals surface area contributed by atoms with Gasteiger partial charge in [0.05, 0.1) is 10.6 Å². The maximum atomic E-state index is 11.0. The molecular weight excluding hydrogens is 288 g/mol. The molecule has 1 spiro atoms. The summed E-state index contributed by atoms with van der Waals surface area (Å²) in [5.41, 5.74) is 3.66. The molecule has 116 valence electrons. The molecule has 1 aliphatic carbocycles. The van der Waals surface area contributed by atoms with Gasteiger partial charge in [-0.1, -0.05) is 36.8 Å². The molecule has 0 aromatic heterocycles. The lowest BCUT2D eigenvalue weighted by molar-refractivity contribution is -0.384. The average Bonchev–Trinajstić information content (AvgIpc) is 2.94. The van der Waals surface area contributed by atoms with Crippen LogP contribution in [-0.4, -0.2) is 11.1 Å². The summed E-state index contributed by atoms with van der Waals surface area (Å²) in [6, 6.07) is 15.5. The maximum Gasteiger partial charge on any atom is 0.269 e. The van der Waals surface area contributed by atoms with Crippen molar-refractivity contribution in [2.24, 2.45) is 4.99 Å². The lowest BCUT2D eigenvalue weighted by Crippen LogP contribution is -2.31. The first-order valence-corrected chi connectivity index (χ1v) is 8.07. The SMILES string of the molecule is O=[N+]([O-])c1cccc(C2CCCC3(C=Nc4ccccc43)C2)c1. The predicted octanol–water partition coefficient (Wildman–Crippen LogP) is 4.91. The molecular formula is C19H18N2O2. The van der Waals surface area contributed by atoms with Crippen molar-refractivity contribution in [2.45, 2.75) is 37.0 Å². The van der Waals surface area contributed by atoms with Crippen LogP contribution in [0.15, 0.2) is 53.5 Å². The van der Waals surface area contributed by atoms with E-state index >= 15 is 0 Å². The van der Waals surface area contributed by atoms with Gasteiger partial charge in [0.15, 0.2) is 0 Å². The van der Waals surface area contributed by atoms with Gasteiger partial charge in [-0.2, -0.15) is 0 Å². The maximum absolute atomic E-state index is 11.0. The van der Waals surface area contributed by atoms with E-state index in [9.17, 15) is 10.1 Å². The Morgan fingerprint density at radius 3 is 2.91 bits per heavy atom. The Morgan fingerprint density at radius 2 is 2.04 bits per heavy atom. The fourth-order valence-corrected chi connectivity index (χ4v) is 4.12. The van der Waals surface area contributed by atoms with Gasteiger partial charge in [0, 0.05) is 23.8 Å². The molecule has 1 heterocycles. The first-order valence-electron chi connectivity index (χ1n) is 8.07. The minimum absolute atomic E-state index is 0.00410. The van der Waals surface area contributed by atoms with Gasteiger partial charge in [-0.3, -0.25) is 15.1 Å². The number of fused-ring (bicyclic) bond motifs is 2. The zero-order valence-corrected chi connectivity index (χ0v) is 12.8. The van der Waals surface area contributed by atoms with Crippen LogP contribution in [-0.2, 0) is 5.41 Å². The number of hydrogen-bond acceptors (Lipinski definition) is 3. The van der Waals surface area contributed by atoms with Crippen molar-refractivity contribution in [3.8, 4) is 0 Å². The number of nitro groups is 1. The van der Waals surface area contributed by atoms with Crippen molar-refractivity contribution in [2.75, 3.05) is 0 Å². The first-order chi connectivity index (χ1) is 11.2. The zero-order valence-electron chi connectivity index (χ0n) is 12.8. The normalized spacial score (nSPS) is 25.5. The summed E-state index contributed by atoms with van der Waals surface area (Å²) in [5, 5.41) is 11.0. The summed E-state index contributed by atoms with van der Waals surface area (Å²) >= 11 is 0. The molecule has 4 nitrogen and oxygen atoms in total. The van der Waals surface area contributed by atoms with E-state index in [-0.39, 0.29) is 16.0 Å². The quantitative estimate of drug-likeness (QED) is 0.585. The minimum atomic E-state index is -0.311. The van der Waals surface area contributed by atoms with Gasteiger partial charge in [-0.15, -0.1) is 0 Å². The van der Waals surface area contributed by atoms with Crippen LogP contribution >= 0.6 is 0 Å².